The first-order valence-corrected chi connectivity index (χ1v) is 3.97. The van der Waals surface area contributed by atoms with Gasteiger partial charge in [0.05, 0.1) is 4.92 Å². The Labute approximate surface area is 80.9 Å². The molecule has 0 heterocycles. The Bertz CT molecular complexity index is 363. The van der Waals surface area contributed by atoms with E-state index in [-0.39, 0.29) is 23.7 Å². The molecule has 14 heavy (non-hydrogen) atoms. The van der Waals surface area contributed by atoms with E-state index in [0.29, 0.717) is 0 Å². The lowest BCUT2D eigenvalue weighted by molar-refractivity contribution is -0.384. The van der Waals surface area contributed by atoms with E-state index in [1.807, 2.05) is 0 Å². The molecule has 0 saturated heterocycles. The maximum absolute atomic E-state index is 11.2. The molecule has 1 amide bonds. The minimum absolute atomic E-state index is 0.0956. The maximum Gasteiger partial charge on any atom is 0.270 e. The van der Waals surface area contributed by atoms with Gasteiger partial charge in [0.1, 0.15) is 0 Å². The molecule has 1 N–H and O–H groups in total. The molecular formula is C9H9N2O3. The summed E-state index contributed by atoms with van der Waals surface area (Å²) in [5.74, 6) is -0.358. The average Bonchev–Trinajstić information content (AvgIpc) is 2.18. The fourth-order valence-corrected chi connectivity index (χ4v) is 0.976. The van der Waals surface area contributed by atoms with Gasteiger partial charge in [-0.2, -0.15) is 0 Å². The zero-order valence-corrected chi connectivity index (χ0v) is 7.40. The van der Waals surface area contributed by atoms with Crippen LogP contribution in [0.3, 0.4) is 0 Å². The van der Waals surface area contributed by atoms with Crippen LogP contribution in [0.15, 0.2) is 24.3 Å². The van der Waals surface area contributed by atoms with Crippen LogP contribution < -0.4 is 5.32 Å². The molecule has 1 radical (unpaired) electrons. The van der Waals surface area contributed by atoms with E-state index in [1.165, 1.54) is 24.3 Å². The van der Waals surface area contributed by atoms with E-state index in [0.717, 1.165) is 0 Å². The largest absolute Gasteiger partial charge is 0.352 e. The Morgan fingerprint density at radius 3 is 2.86 bits per heavy atom. The third-order valence-electron chi connectivity index (χ3n) is 1.60. The maximum atomic E-state index is 11.2. The quantitative estimate of drug-likeness (QED) is 0.578. The molecule has 0 atom stereocenters. The summed E-state index contributed by atoms with van der Waals surface area (Å²) in [6.07, 6.45) is 0. The van der Waals surface area contributed by atoms with E-state index in [9.17, 15) is 14.9 Å². The summed E-state index contributed by atoms with van der Waals surface area (Å²) in [5, 5.41) is 12.9. The SMILES string of the molecule is [CH2]CNC(=O)c1cccc([N+](=O)[O-])c1. The lowest BCUT2D eigenvalue weighted by Gasteiger charge is -2.00. The number of nitrogens with zero attached hydrogens (tertiary/aromatic N) is 1. The molecule has 0 aromatic heterocycles. The predicted octanol–water partition coefficient (Wildman–Crippen LogP) is 1.16. The second kappa shape index (κ2) is 4.36. The average molecular weight is 193 g/mol. The number of hydrogen-bond donors (Lipinski definition) is 1. The molecule has 0 bridgehead atoms. The van der Waals surface area contributed by atoms with Crippen LogP contribution in [0.25, 0.3) is 0 Å². The van der Waals surface area contributed by atoms with Crippen molar-refractivity contribution >= 4 is 11.6 Å². The molecule has 0 unspecified atom stereocenters. The molecule has 5 nitrogen and oxygen atoms in total. The number of nitro groups is 1. The number of carbonyl (C=O) groups is 1. The van der Waals surface area contributed by atoms with Crippen LogP contribution in [0.4, 0.5) is 5.69 Å². The lowest BCUT2D eigenvalue weighted by atomic mass is 10.2. The van der Waals surface area contributed by atoms with E-state index in [4.69, 9.17) is 0 Å². The molecule has 5 heteroatoms. The Morgan fingerprint density at radius 2 is 2.29 bits per heavy atom. The summed E-state index contributed by atoms with van der Waals surface area (Å²) in [6.45, 7) is 3.69. The topological polar surface area (TPSA) is 72.2 Å². The number of rotatable bonds is 3. The van der Waals surface area contributed by atoms with Crippen molar-refractivity contribution in [1.82, 2.24) is 5.32 Å². The molecule has 0 aliphatic heterocycles. The molecule has 0 saturated carbocycles. The minimum atomic E-state index is -0.541. The second-order valence-corrected chi connectivity index (χ2v) is 2.56. The van der Waals surface area contributed by atoms with Gasteiger partial charge in [-0.15, -0.1) is 0 Å². The van der Waals surface area contributed by atoms with Crippen LogP contribution in [-0.4, -0.2) is 17.4 Å². The highest BCUT2D eigenvalue weighted by molar-refractivity contribution is 5.94. The van der Waals surface area contributed by atoms with E-state index in [1.54, 1.807) is 0 Å². The third-order valence-corrected chi connectivity index (χ3v) is 1.60. The van der Waals surface area contributed by atoms with Gasteiger partial charge < -0.3 is 5.32 Å². The summed E-state index contributed by atoms with van der Waals surface area (Å²) in [4.78, 5) is 21.1. The number of hydrogen-bond acceptors (Lipinski definition) is 3. The summed E-state index contributed by atoms with van der Waals surface area (Å²) in [6, 6.07) is 5.54. The fraction of sp³-hybridized carbons (Fsp3) is 0.111. The van der Waals surface area contributed by atoms with Crippen LogP contribution in [0.2, 0.25) is 0 Å². The summed E-state index contributed by atoms with van der Waals surface area (Å²) >= 11 is 0. The second-order valence-electron chi connectivity index (χ2n) is 2.56. The first-order chi connectivity index (χ1) is 6.65. The highest BCUT2D eigenvalue weighted by Gasteiger charge is 2.09. The number of amides is 1. The normalized spacial score (nSPS) is 9.50. The van der Waals surface area contributed by atoms with Crippen molar-refractivity contribution in [2.24, 2.45) is 0 Å². The zero-order chi connectivity index (χ0) is 10.6. The predicted molar refractivity (Wildman–Crippen MR) is 50.8 cm³/mol. The van der Waals surface area contributed by atoms with Crippen molar-refractivity contribution < 1.29 is 9.72 Å². The smallest absolute Gasteiger partial charge is 0.270 e. The van der Waals surface area contributed by atoms with Gasteiger partial charge in [0.2, 0.25) is 0 Å². The molecule has 0 fully saturated rings. The van der Waals surface area contributed by atoms with Gasteiger partial charge in [-0.1, -0.05) is 6.07 Å². The first-order valence-electron chi connectivity index (χ1n) is 3.97. The Balaban J connectivity index is 2.93. The zero-order valence-electron chi connectivity index (χ0n) is 7.40. The molecule has 73 valence electrons. The molecular weight excluding hydrogens is 184 g/mol. The molecule has 0 spiro atoms. The van der Waals surface area contributed by atoms with Crippen molar-refractivity contribution in [2.45, 2.75) is 0 Å². The van der Waals surface area contributed by atoms with Crippen molar-refractivity contribution in [3.63, 3.8) is 0 Å². The number of benzene rings is 1. The number of carbonyl (C=O) groups excluding carboxylic acids is 1. The van der Waals surface area contributed by atoms with Gasteiger partial charge in [0.15, 0.2) is 0 Å². The summed E-state index contributed by atoms with van der Waals surface area (Å²) < 4.78 is 0. The van der Waals surface area contributed by atoms with Gasteiger partial charge in [0, 0.05) is 24.2 Å². The summed E-state index contributed by atoms with van der Waals surface area (Å²) in [7, 11) is 0. The standard InChI is InChI=1S/C9H9N2O3/c1-2-10-9(12)7-4-3-5-8(6-7)11(13)14/h3-6H,1-2H2,(H,10,12). The van der Waals surface area contributed by atoms with Crippen LogP contribution in [0.5, 0.6) is 0 Å². The monoisotopic (exact) mass is 193 g/mol. The fourth-order valence-electron chi connectivity index (χ4n) is 0.976. The van der Waals surface area contributed by atoms with Crippen molar-refractivity contribution in [3.05, 3.63) is 46.9 Å². The molecule has 1 aromatic carbocycles. The number of nitro benzene ring substituents is 1. The van der Waals surface area contributed by atoms with Gasteiger partial charge in [-0.05, 0) is 13.0 Å². The van der Waals surface area contributed by atoms with Crippen LogP contribution in [0, 0.1) is 17.0 Å². The Hall–Kier alpha value is -1.91. The molecule has 1 rings (SSSR count). The molecule has 0 aliphatic rings. The van der Waals surface area contributed by atoms with Crippen LogP contribution in [0.1, 0.15) is 10.4 Å². The summed E-state index contributed by atoms with van der Waals surface area (Å²) in [5.41, 5.74) is 0.171. The minimum Gasteiger partial charge on any atom is -0.352 e. The highest BCUT2D eigenvalue weighted by Crippen LogP contribution is 2.12. The van der Waals surface area contributed by atoms with Crippen LogP contribution >= 0.6 is 0 Å². The molecule has 0 aliphatic carbocycles. The first kappa shape index (κ1) is 10.2. The number of nitrogens with one attached hydrogen (secondary N) is 1. The van der Waals surface area contributed by atoms with Crippen molar-refractivity contribution in [1.29, 1.82) is 0 Å². The third kappa shape index (κ3) is 2.29. The van der Waals surface area contributed by atoms with Crippen LogP contribution in [-0.2, 0) is 0 Å². The highest BCUT2D eigenvalue weighted by atomic mass is 16.6. The Kier molecular flexibility index (Phi) is 3.17. The molecule has 1 aromatic rings. The Morgan fingerprint density at radius 1 is 1.57 bits per heavy atom. The van der Waals surface area contributed by atoms with Crippen molar-refractivity contribution in [2.75, 3.05) is 6.54 Å². The number of non-ortho nitro benzene ring substituents is 1. The van der Waals surface area contributed by atoms with Gasteiger partial charge in [0.25, 0.3) is 11.6 Å². The lowest BCUT2D eigenvalue weighted by Crippen LogP contribution is -2.22. The van der Waals surface area contributed by atoms with E-state index >= 15 is 0 Å². The van der Waals surface area contributed by atoms with Gasteiger partial charge >= 0.3 is 0 Å². The van der Waals surface area contributed by atoms with E-state index in [2.05, 4.69) is 12.2 Å². The van der Waals surface area contributed by atoms with Gasteiger partial charge in [-0.25, -0.2) is 0 Å². The van der Waals surface area contributed by atoms with Gasteiger partial charge in [-0.3, -0.25) is 14.9 Å². The van der Waals surface area contributed by atoms with Crippen molar-refractivity contribution in [3.8, 4) is 0 Å². The van der Waals surface area contributed by atoms with E-state index < -0.39 is 4.92 Å².